The Hall–Kier alpha value is -2.39. The van der Waals surface area contributed by atoms with E-state index in [9.17, 15) is 4.79 Å². The van der Waals surface area contributed by atoms with Gasteiger partial charge >= 0.3 is 0 Å². The van der Waals surface area contributed by atoms with Crippen LogP contribution < -0.4 is 5.32 Å². The summed E-state index contributed by atoms with van der Waals surface area (Å²) in [7, 11) is 0. The van der Waals surface area contributed by atoms with Crippen LogP contribution in [0.15, 0.2) is 40.8 Å². The summed E-state index contributed by atoms with van der Waals surface area (Å²) in [5.41, 5.74) is 1.50. The van der Waals surface area contributed by atoms with E-state index in [2.05, 4.69) is 22.1 Å². The summed E-state index contributed by atoms with van der Waals surface area (Å²) >= 11 is 0. The minimum absolute atomic E-state index is 0.648. The first-order valence-electron chi connectivity index (χ1n) is 9.00. The van der Waals surface area contributed by atoms with Crippen molar-refractivity contribution in [2.24, 2.45) is 0 Å². The van der Waals surface area contributed by atoms with E-state index in [1.165, 1.54) is 0 Å². The quantitative estimate of drug-likeness (QED) is 0.471. The molecule has 0 saturated carbocycles. The molecule has 26 heavy (non-hydrogen) atoms. The molecule has 1 saturated heterocycles. The number of nitrogens with one attached hydrogen (secondary N) is 1. The summed E-state index contributed by atoms with van der Waals surface area (Å²) in [6, 6.07) is 11.0. The van der Waals surface area contributed by atoms with Gasteiger partial charge in [0.05, 0.1) is 19.8 Å². The molecule has 2 aromatic rings. The smallest absolute Gasteiger partial charge is 0.177 e. The van der Waals surface area contributed by atoms with Gasteiger partial charge in [-0.2, -0.15) is 0 Å². The zero-order chi connectivity index (χ0) is 18.0. The monoisotopic (exact) mass is 352 g/mol. The molecule has 1 aliphatic rings. The van der Waals surface area contributed by atoms with Gasteiger partial charge in [0.15, 0.2) is 5.76 Å². The van der Waals surface area contributed by atoms with Crippen LogP contribution >= 0.6 is 0 Å². The van der Waals surface area contributed by atoms with Crippen molar-refractivity contribution in [3.63, 3.8) is 0 Å². The number of nitrogens with zero attached hydrogens (tertiary/aromatic N) is 1. The van der Waals surface area contributed by atoms with Crippen molar-refractivity contribution < 1.29 is 13.9 Å². The Labute approximate surface area is 154 Å². The molecule has 2 heterocycles. The zero-order valence-corrected chi connectivity index (χ0v) is 14.9. The first-order valence-corrected chi connectivity index (χ1v) is 9.00. The molecule has 1 fully saturated rings. The summed E-state index contributed by atoms with van der Waals surface area (Å²) in [5.74, 6) is 7.59. The standard InChI is InChI=1S/C21H24N2O3/c24-17-19-4-2-18(3-5-19)6-7-20-8-9-21(26-20)16-22-10-1-11-23-12-14-25-15-13-23/h2-5,8-9,17,22H,1,10-16H2. The maximum absolute atomic E-state index is 10.6. The third-order valence-corrected chi connectivity index (χ3v) is 4.27. The first-order chi connectivity index (χ1) is 12.8. The van der Waals surface area contributed by atoms with Crippen molar-refractivity contribution in [3.05, 3.63) is 59.0 Å². The highest BCUT2D eigenvalue weighted by atomic mass is 16.5. The molecule has 136 valence electrons. The van der Waals surface area contributed by atoms with Crippen LogP contribution in [0.1, 0.15) is 33.9 Å². The Bertz CT molecular complexity index is 750. The van der Waals surface area contributed by atoms with Crippen LogP contribution in [0.5, 0.6) is 0 Å². The van der Waals surface area contributed by atoms with Crippen LogP contribution in [0.2, 0.25) is 0 Å². The third kappa shape index (κ3) is 5.85. The van der Waals surface area contributed by atoms with Gasteiger partial charge in [-0.25, -0.2) is 0 Å². The molecule has 0 atom stereocenters. The summed E-state index contributed by atoms with van der Waals surface area (Å²) in [6.45, 7) is 6.56. The van der Waals surface area contributed by atoms with Gasteiger partial charge in [-0.3, -0.25) is 9.69 Å². The minimum Gasteiger partial charge on any atom is -0.451 e. The molecular weight excluding hydrogens is 328 g/mol. The van der Waals surface area contributed by atoms with Crippen molar-refractivity contribution in [3.8, 4) is 11.8 Å². The molecule has 3 rings (SSSR count). The second-order valence-electron chi connectivity index (χ2n) is 6.24. The van der Waals surface area contributed by atoms with E-state index < -0.39 is 0 Å². The van der Waals surface area contributed by atoms with E-state index in [0.717, 1.165) is 63.4 Å². The van der Waals surface area contributed by atoms with Crippen LogP contribution in [0.3, 0.4) is 0 Å². The summed E-state index contributed by atoms with van der Waals surface area (Å²) in [6.07, 6.45) is 1.94. The second kappa shape index (κ2) is 9.93. The maximum atomic E-state index is 10.6. The number of carbonyl (C=O) groups is 1. The Morgan fingerprint density at radius 2 is 1.88 bits per heavy atom. The topological polar surface area (TPSA) is 54.7 Å². The zero-order valence-electron chi connectivity index (χ0n) is 14.9. The minimum atomic E-state index is 0.648. The average molecular weight is 352 g/mol. The second-order valence-corrected chi connectivity index (χ2v) is 6.24. The van der Waals surface area contributed by atoms with Crippen LogP contribution in [-0.4, -0.2) is 50.6 Å². The Morgan fingerprint density at radius 3 is 2.65 bits per heavy atom. The lowest BCUT2D eigenvalue weighted by Crippen LogP contribution is -2.37. The lowest BCUT2D eigenvalue weighted by Gasteiger charge is -2.26. The fourth-order valence-electron chi connectivity index (χ4n) is 2.78. The molecule has 0 radical (unpaired) electrons. The molecule has 0 aliphatic carbocycles. The fraction of sp³-hybridized carbons (Fsp3) is 0.381. The Morgan fingerprint density at radius 1 is 1.08 bits per heavy atom. The van der Waals surface area contributed by atoms with E-state index >= 15 is 0 Å². The van der Waals surface area contributed by atoms with Gasteiger partial charge in [-0.15, -0.1) is 0 Å². The molecule has 1 aliphatic heterocycles. The van der Waals surface area contributed by atoms with E-state index in [4.69, 9.17) is 9.15 Å². The highest BCUT2D eigenvalue weighted by Crippen LogP contribution is 2.07. The number of ether oxygens (including phenoxy) is 1. The molecule has 0 amide bonds. The van der Waals surface area contributed by atoms with Gasteiger partial charge in [0.25, 0.3) is 0 Å². The maximum Gasteiger partial charge on any atom is 0.177 e. The SMILES string of the molecule is O=Cc1ccc(C#Cc2ccc(CNCCCN3CCOCC3)o2)cc1. The predicted molar refractivity (Wildman–Crippen MR) is 100 cm³/mol. The van der Waals surface area contributed by atoms with Gasteiger partial charge in [-0.1, -0.05) is 18.1 Å². The van der Waals surface area contributed by atoms with Gasteiger partial charge in [-0.05, 0) is 49.7 Å². The number of hydrogen-bond acceptors (Lipinski definition) is 5. The van der Waals surface area contributed by atoms with E-state index in [1.807, 2.05) is 24.3 Å². The Kier molecular flexibility index (Phi) is 7.03. The van der Waals surface area contributed by atoms with Crippen LogP contribution in [0, 0.1) is 11.8 Å². The average Bonchev–Trinajstić information content (AvgIpc) is 3.15. The fourth-order valence-corrected chi connectivity index (χ4v) is 2.78. The normalized spacial score (nSPS) is 14.6. The Balaban J connectivity index is 1.39. The largest absolute Gasteiger partial charge is 0.451 e. The molecule has 0 bridgehead atoms. The van der Waals surface area contributed by atoms with Crippen LogP contribution in [-0.2, 0) is 11.3 Å². The summed E-state index contributed by atoms with van der Waals surface area (Å²) in [5, 5.41) is 3.41. The van der Waals surface area contributed by atoms with E-state index in [1.54, 1.807) is 12.1 Å². The molecule has 0 spiro atoms. The van der Waals surface area contributed by atoms with Crippen molar-refractivity contribution in [1.82, 2.24) is 10.2 Å². The van der Waals surface area contributed by atoms with Crippen molar-refractivity contribution >= 4 is 6.29 Å². The van der Waals surface area contributed by atoms with Crippen LogP contribution in [0.4, 0.5) is 0 Å². The molecule has 5 heteroatoms. The first kappa shape index (κ1) is 18.4. The van der Waals surface area contributed by atoms with E-state index in [0.29, 0.717) is 17.9 Å². The van der Waals surface area contributed by atoms with Gasteiger partial charge in [0.1, 0.15) is 12.0 Å². The van der Waals surface area contributed by atoms with E-state index in [-0.39, 0.29) is 0 Å². The number of furan rings is 1. The number of benzene rings is 1. The molecule has 0 unspecified atom stereocenters. The molecule has 1 N–H and O–H groups in total. The molecule has 5 nitrogen and oxygen atoms in total. The summed E-state index contributed by atoms with van der Waals surface area (Å²) < 4.78 is 11.1. The number of rotatable bonds is 7. The van der Waals surface area contributed by atoms with Crippen molar-refractivity contribution in [1.29, 1.82) is 0 Å². The van der Waals surface area contributed by atoms with Crippen molar-refractivity contribution in [2.75, 3.05) is 39.4 Å². The van der Waals surface area contributed by atoms with Crippen LogP contribution in [0.25, 0.3) is 0 Å². The van der Waals surface area contributed by atoms with Gasteiger partial charge in [0.2, 0.25) is 0 Å². The molecule has 1 aromatic heterocycles. The number of morpholine rings is 1. The molecular formula is C21H24N2O3. The highest BCUT2D eigenvalue weighted by Gasteiger charge is 2.09. The van der Waals surface area contributed by atoms with Gasteiger partial charge in [0, 0.05) is 24.2 Å². The number of carbonyl (C=O) groups excluding carboxylic acids is 1. The molecule has 1 aromatic carbocycles. The number of hydrogen-bond donors (Lipinski definition) is 1. The number of aldehydes is 1. The van der Waals surface area contributed by atoms with Crippen molar-refractivity contribution in [2.45, 2.75) is 13.0 Å². The predicted octanol–water partition coefficient (Wildman–Crippen LogP) is 2.30. The third-order valence-electron chi connectivity index (χ3n) is 4.27. The lowest BCUT2D eigenvalue weighted by atomic mass is 10.1. The van der Waals surface area contributed by atoms with Gasteiger partial charge < -0.3 is 14.5 Å². The lowest BCUT2D eigenvalue weighted by molar-refractivity contribution is 0.0374. The summed E-state index contributed by atoms with van der Waals surface area (Å²) in [4.78, 5) is 13.1. The highest BCUT2D eigenvalue weighted by molar-refractivity contribution is 5.74.